The van der Waals surface area contributed by atoms with E-state index in [2.05, 4.69) is 20.7 Å². The molecule has 4 nitrogen and oxygen atoms in total. The monoisotopic (exact) mass is 415 g/mol. The van der Waals surface area contributed by atoms with E-state index in [-0.39, 0.29) is 21.9 Å². The lowest BCUT2D eigenvalue weighted by atomic mass is 10.0. The number of hydrogen-bond acceptors (Lipinski definition) is 3. The zero-order valence-electron chi connectivity index (χ0n) is 13.0. The van der Waals surface area contributed by atoms with Crippen molar-refractivity contribution in [2.45, 2.75) is 4.90 Å². The van der Waals surface area contributed by atoms with E-state index >= 15 is 0 Å². The average molecular weight is 416 g/mol. The van der Waals surface area contributed by atoms with Crippen molar-refractivity contribution in [2.75, 3.05) is 4.72 Å². The second kappa shape index (κ2) is 7.21. The highest BCUT2D eigenvalue weighted by atomic mass is 79.9. The largest absolute Gasteiger partial charge is 0.289 e. The lowest BCUT2D eigenvalue weighted by Gasteiger charge is -2.13. The van der Waals surface area contributed by atoms with Gasteiger partial charge in [-0.1, -0.05) is 64.5 Å². The summed E-state index contributed by atoms with van der Waals surface area (Å²) in [6.07, 6.45) is 0. The highest BCUT2D eigenvalue weighted by molar-refractivity contribution is 9.10. The topological polar surface area (TPSA) is 63.2 Å². The Hall–Kier alpha value is -2.44. The molecule has 0 saturated heterocycles. The summed E-state index contributed by atoms with van der Waals surface area (Å²) < 4.78 is 28.3. The molecule has 3 aromatic carbocycles. The van der Waals surface area contributed by atoms with E-state index in [1.165, 1.54) is 12.1 Å². The van der Waals surface area contributed by atoms with Gasteiger partial charge in [-0.15, -0.1) is 0 Å². The second-order valence-corrected chi connectivity index (χ2v) is 7.90. The van der Waals surface area contributed by atoms with Crippen molar-refractivity contribution in [1.82, 2.24) is 0 Å². The molecule has 3 rings (SSSR count). The van der Waals surface area contributed by atoms with Crippen LogP contribution < -0.4 is 4.72 Å². The molecule has 0 aromatic heterocycles. The van der Waals surface area contributed by atoms with E-state index in [1.807, 2.05) is 6.07 Å². The van der Waals surface area contributed by atoms with E-state index in [4.69, 9.17) is 0 Å². The Morgan fingerprint density at radius 3 is 2.08 bits per heavy atom. The number of carbonyl (C=O) groups is 1. The van der Waals surface area contributed by atoms with Crippen molar-refractivity contribution in [3.05, 3.63) is 94.5 Å². The summed E-state index contributed by atoms with van der Waals surface area (Å²) in [6.45, 7) is 0. The van der Waals surface area contributed by atoms with E-state index in [9.17, 15) is 13.2 Å². The van der Waals surface area contributed by atoms with Crippen LogP contribution in [0, 0.1) is 0 Å². The first-order chi connectivity index (χ1) is 12.0. The Labute approximate surface area is 154 Å². The van der Waals surface area contributed by atoms with Gasteiger partial charge in [0.15, 0.2) is 5.78 Å². The first-order valence-corrected chi connectivity index (χ1v) is 9.72. The molecule has 0 heterocycles. The van der Waals surface area contributed by atoms with Crippen LogP contribution in [-0.2, 0) is 10.0 Å². The molecule has 0 fully saturated rings. The van der Waals surface area contributed by atoms with Crippen molar-refractivity contribution in [3.8, 4) is 0 Å². The van der Waals surface area contributed by atoms with Crippen molar-refractivity contribution >= 4 is 37.4 Å². The maximum Gasteiger partial charge on any atom is 0.261 e. The third-order valence-electron chi connectivity index (χ3n) is 3.56. The summed E-state index contributed by atoms with van der Waals surface area (Å²) in [5.41, 5.74) is 1.00. The second-order valence-electron chi connectivity index (χ2n) is 5.30. The predicted molar refractivity (Wildman–Crippen MR) is 101 cm³/mol. The predicted octanol–water partition coefficient (Wildman–Crippen LogP) is 4.48. The van der Waals surface area contributed by atoms with Gasteiger partial charge in [0, 0.05) is 15.6 Å². The molecule has 0 radical (unpaired) electrons. The summed E-state index contributed by atoms with van der Waals surface area (Å²) in [5.74, 6) is -0.257. The minimum absolute atomic E-state index is 0.135. The van der Waals surface area contributed by atoms with Crippen molar-refractivity contribution in [1.29, 1.82) is 0 Å². The van der Waals surface area contributed by atoms with E-state index in [0.717, 1.165) is 0 Å². The molecular weight excluding hydrogens is 402 g/mol. The third-order valence-corrected chi connectivity index (χ3v) is 5.43. The van der Waals surface area contributed by atoms with Crippen molar-refractivity contribution in [2.24, 2.45) is 0 Å². The molecule has 1 N–H and O–H groups in total. The molecule has 0 unspecified atom stereocenters. The quantitative estimate of drug-likeness (QED) is 0.624. The van der Waals surface area contributed by atoms with Gasteiger partial charge in [-0.25, -0.2) is 8.42 Å². The smallest absolute Gasteiger partial charge is 0.261 e. The van der Waals surface area contributed by atoms with Gasteiger partial charge >= 0.3 is 0 Å². The fraction of sp³-hybridized carbons (Fsp3) is 0. The van der Waals surface area contributed by atoms with Crippen molar-refractivity contribution in [3.63, 3.8) is 0 Å². The number of benzene rings is 3. The zero-order valence-corrected chi connectivity index (χ0v) is 15.4. The molecule has 6 heteroatoms. The van der Waals surface area contributed by atoms with E-state index in [1.54, 1.807) is 60.7 Å². The van der Waals surface area contributed by atoms with Gasteiger partial charge < -0.3 is 0 Å². The molecule has 0 bridgehead atoms. The molecule has 0 aliphatic heterocycles. The van der Waals surface area contributed by atoms with Crippen LogP contribution in [0.4, 0.5) is 5.69 Å². The van der Waals surface area contributed by atoms with Crippen LogP contribution in [-0.4, -0.2) is 14.2 Å². The SMILES string of the molecule is O=C(c1ccccc1)c1cc(Br)ccc1NS(=O)(=O)c1ccccc1. The van der Waals surface area contributed by atoms with Gasteiger partial charge in [-0.2, -0.15) is 0 Å². The van der Waals surface area contributed by atoms with Crippen molar-refractivity contribution < 1.29 is 13.2 Å². The number of nitrogens with one attached hydrogen (secondary N) is 1. The van der Waals surface area contributed by atoms with Gasteiger partial charge in [0.2, 0.25) is 0 Å². The van der Waals surface area contributed by atoms with Gasteiger partial charge in [0.1, 0.15) is 0 Å². The Morgan fingerprint density at radius 1 is 0.840 bits per heavy atom. The summed E-state index contributed by atoms with van der Waals surface area (Å²) in [4.78, 5) is 12.9. The molecule has 0 aliphatic carbocycles. The first kappa shape index (κ1) is 17.4. The number of anilines is 1. The molecular formula is C19H14BrNO3S. The first-order valence-electron chi connectivity index (χ1n) is 7.44. The van der Waals surface area contributed by atoms with Crippen LogP contribution in [0.2, 0.25) is 0 Å². The minimum Gasteiger partial charge on any atom is -0.289 e. The molecule has 0 amide bonds. The number of ketones is 1. The highest BCUT2D eigenvalue weighted by Gasteiger charge is 2.19. The summed E-state index contributed by atoms with van der Waals surface area (Å²) in [6, 6.07) is 21.6. The molecule has 0 spiro atoms. The average Bonchev–Trinajstić information content (AvgIpc) is 2.64. The van der Waals surface area contributed by atoms with Crippen LogP contribution in [0.5, 0.6) is 0 Å². The van der Waals surface area contributed by atoms with Gasteiger partial charge in [0.25, 0.3) is 10.0 Å². The Bertz CT molecular complexity index is 1000. The summed E-state index contributed by atoms with van der Waals surface area (Å²) in [5, 5.41) is 0. The number of sulfonamides is 1. The van der Waals surface area contributed by atoms with Crippen LogP contribution in [0.25, 0.3) is 0 Å². The molecule has 3 aromatic rings. The number of hydrogen-bond donors (Lipinski definition) is 1. The number of halogens is 1. The molecule has 0 atom stereocenters. The van der Waals surface area contributed by atoms with Gasteiger partial charge in [-0.05, 0) is 30.3 Å². The normalized spacial score (nSPS) is 11.1. The van der Waals surface area contributed by atoms with E-state index < -0.39 is 10.0 Å². The summed E-state index contributed by atoms with van der Waals surface area (Å²) in [7, 11) is -3.78. The van der Waals surface area contributed by atoms with Crippen LogP contribution in [0.3, 0.4) is 0 Å². The highest BCUT2D eigenvalue weighted by Crippen LogP contribution is 2.26. The molecule has 126 valence electrons. The number of carbonyl (C=O) groups excluding carboxylic acids is 1. The molecule has 0 aliphatic rings. The van der Waals surface area contributed by atoms with Gasteiger partial charge in [-0.3, -0.25) is 9.52 Å². The maximum atomic E-state index is 12.8. The molecule has 25 heavy (non-hydrogen) atoms. The Balaban J connectivity index is 2.02. The number of rotatable bonds is 5. The van der Waals surface area contributed by atoms with Crippen LogP contribution in [0.1, 0.15) is 15.9 Å². The van der Waals surface area contributed by atoms with Gasteiger partial charge in [0.05, 0.1) is 10.6 Å². The maximum absolute atomic E-state index is 12.8. The lowest BCUT2D eigenvalue weighted by molar-refractivity contribution is 0.103. The summed E-state index contributed by atoms with van der Waals surface area (Å²) >= 11 is 3.33. The van der Waals surface area contributed by atoms with Crippen LogP contribution >= 0.6 is 15.9 Å². The fourth-order valence-corrected chi connectivity index (χ4v) is 3.80. The van der Waals surface area contributed by atoms with E-state index in [0.29, 0.717) is 10.0 Å². The molecule has 0 saturated carbocycles. The zero-order chi connectivity index (χ0) is 17.9. The van der Waals surface area contributed by atoms with Crippen LogP contribution in [0.15, 0.2) is 88.2 Å². The third kappa shape index (κ3) is 3.97. The fourth-order valence-electron chi connectivity index (χ4n) is 2.34. The lowest BCUT2D eigenvalue weighted by Crippen LogP contribution is -2.16. The minimum atomic E-state index is -3.78. The Morgan fingerprint density at radius 2 is 1.44 bits per heavy atom. The standard InChI is InChI=1S/C19H14BrNO3S/c20-15-11-12-18(21-25(23,24)16-9-5-2-6-10-16)17(13-15)19(22)14-7-3-1-4-8-14/h1-13,21H. The Kier molecular flexibility index (Phi) is 5.01.